The number of rotatable bonds is 7. The van der Waals surface area contributed by atoms with Crippen molar-refractivity contribution in [1.29, 1.82) is 0 Å². The molecule has 0 aliphatic rings. The number of nitrogens with one attached hydrogen (secondary N) is 2. The van der Waals surface area contributed by atoms with Crippen LogP contribution >= 0.6 is 12.2 Å². The van der Waals surface area contributed by atoms with Gasteiger partial charge in [-0.15, -0.1) is 0 Å². The molecule has 0 radical (unpaired) electrons. The van der Waals surface area contributed by atoms with Gasteiger partial charge in [0.25, 0.3) is 0 Å². The molecule has 24 heavy (non-hydrogen) atoms. The largest absolute Gasteiger partial charge is 0.494 e. The highest BCUT2D eigenvalue weighted by molar-refractivity contribution is 7.80. The van der Waals surface area contributed by atoms with Crippen LogP contribution in [-0.4, -0.2) is 17.4 Å². The zero-order valence-electron chi connectivity index (χ0n) is 14.1. The van der Waals surface area contributed by atoms with Gasteiger partial charge in [0.05, 0.1) is 12.3 Å². The summed E-state index contributed by atoms with van der Waals surface area (Å²) >= 11 is 5.24. The molecule has 0 amide bonds. The zero-order chi connectivity index (χ0) is 17.2. The molecule has 4 nitrogen and oxygen atoms in total. The maximum Gasteiger partial charge on any atom is 0.187 e. The molecule has 0 aliphatic heterocycles. The Labute approximate surface area is 148 Å². The molecule has 5 heteroatoms. The van der Waals surface area contributed by atoms with Gasteiger partial charge < -0.3 is 10.1 Å². The molecule has 126 valence electrons. The van der Waals surface area contributed by atoms with Gasteiger partial charge in [-0.1, -0.05) is 37.3 Å². The highest BCUT2D eigenvalue weighted by Crippen LogP contribution is 2.13. The summed E-state index contributed by atoms with van der Waals surface area (Å²) in [6, 6.07) is 18.0. The highest BCUT2D eigenvalue weighted by atomic mass is 32.1. The van der Waals surface area contributed by atoms with Gasteiger partial charge in [0, 0.05) is 6.54 Å². The summed E-state index contributed by atoms with van der Waals surface area (Å²) in [7, 11) is 0. The van der Waals surface area contributed by atoms with Crippen molar-refractivity contribution in [3.05, 3.63) is 65.7 Å². The standard InChI is InChI=1S/C19H23N3OS/c1-3-13-23-18-11-9-17(10-12-18)15(2)21-22-19(24)20-14-16-7-5-4-6-8-16/h4-12H,3,13-14H2,1-2H3,(H2,20,22,24)/b21-15-. The smallest absolute Gasteiger partial charge is 0.187 e. The molecule has 0 saturated carbocycles. The topological polar surface area (TPSA) is 45.6 Å². The molecule has 2 aromatic carbocycles. The number of hydrogen-bond acceptors (Lipinski definition) is 3. The van der Waals surface area contributed by atoms with Crippen LogP contribution in [0.15, 0.2) is 59.7 Å². The molecule has 0 aromatic heterocycles. The van der Waals surface area contributed by atoms with Gasteiger partial charge in [-0.05, 0) is 61.0 Å². The number of thiocarbonyl (C=S) groups is 1. The first-order chi connectivity index (χ1) is 11.7. The average molecular weight is 341 g/mol. The number of ether oxygens (including phenoxy) is 1. The van der Waals surface area contributed by atoms with E-state index in [2.05, 4.69) is 22.8 Å². The third kappa shape index (κ3) is 6.01. The lowest BCUT2D eigenvalue weighted by molar-refractivity contribution is 0.317. The SMILES string of the molecule is CCCOc1ccc(/C(C)=N\NC(=S)NCc2ccccc2)cc1. The van der Waals surface area contributed by atoms with E-state index >= 15 is 0 Å². The Morgan fingerprint density at radius 3 is 2.46 bits per heavy atom. The predicted molar refractivity (Wildman–Crippen MR) is 103 cm³/mol. The molecule has 0 spiro atoms. The summed E-state index contributed by atoms with van der Waals surface area (Å²) in [6.45, 7) is 5.43. The van der Waals surface area contributed by atoms with E-state index in [4.69, 9.17) is 17.0 Å². The number of hydrazone groups is 1. The molecule has 0 unspecified atom stereocenters. The molecular weight excluding hydrogens is 318 g/mol. The average Bonchev–Trinajstić information content (AvgIpc) is 2.64. The third-order valence-corrected chi connectivity index (χ3v) is 3.60. The Morgan fingerprint density at radius 1 is 1.08 bits per heavy atom. The first-order valence-electron chi connectivity index (χ1n) is 8.04. The summed E-state index contributed by atoms with van der Waals surface area (Å²) in [6.07, 6.45) is 1.000. The Bertz CT molecular complexity index is 669. The van der Waals surface area contributed by atoms with Gasteiger partial charge in [0.1, 0.15) is 5.75 Å². The van der Waals surface area contributed by atoms with E-state index in [1.165, 1.54) is 5.56 Å². The zero-order valence-corrected chi connectivity index (χ0v) is 14.9. The van der Waals surface area contributed by atoms with Crippen LogP contribution in [0.2, 0.25) is 0 Å². The normalized spacial score (nSPS) is 11.0. The fraction of sp³-hybridized carbons (Fsp3) is 0.263. The van der Waals surface area contributed by atoms with E-state index in [0.717, 1.165) is 30.1 Å². The lowest BCUT2D eigenvalue weighted by Crippen LogP contribution is -2.32. The quantitative estimate of drug-likeness (QED) is 0.456. The minimum Gasteiger partial charge on any atom is -0.494 e. The van der Waals surface area contributed by atoms with E-state index < -0.39 is 0 Å². The summed E-state index contributed by atoms with van der Waals surface area (Å²) in [4.78, 5) is 0. The van der Waals surface area contributed by atoms with Crippen LogP contribution in [-0.2, 0) is 6.54 Å². The van der Waals surface area contributed by atoms with Crippen LogP contribution in [0.3, 0.4) is 0 Å². The Kier molecular flexibility index (Phi) is 7.23. The Hall–Kier alpha value is -2.40. The fourth-order valence-corrected chi connectivity index (χ4v) is 2.15. The number of benzene rings is 2. The minimum atomic E-state index is 0.501. The second-order valence-electron chi connectivity index (χ2n) is 5.35. The van der Waals surface area contributed by atoms with Crippen LogP contribution in [0.1, 0.15) is 31.4 Å². The van der Waals surface area contributed by atoms with Crippen molar-refractivity contribution >= 4 is 23.0 Å². The Morgan fingerprint density at radius 2 is 1.79 bits per heavy atom. The highest BCUT2D eigenvalue weighted by Gasteiger charge is 2.00. The van der Waals surface area contributed by atoms with Gasteiger partial charge in [0.15, 0.2) is 5.11 Å². The number of nitrogens with zero attached hydrogens (tertiary/aromatic N) is 1. The first-order valence-corrected chi connectivity index (χ1v) is 8.45. The van der Waals surface area contributed by atoms with E-state index in [1.54, 1.807) is 0 Å². The molecule has 2 N–H and O–H groups in total. The summed E-state index contributed by atoms with van der Waals surface area (Å²) in [5.41, 5.74) is 5.94. The molecule has 0 heterocycles. The van der Waals surface area contributed by atoms with Crippen molar-refractivity contribution in [2.45, 2.75) is 26.8 Å². The maximum atomic E-state index is 5.58. The van der Waals surface area contributed by atoms with Crippen LogP contribution in [0.5, 0.6) is 5.75 Å². The lowest BCUT2D eigenvalue weighted by atomic mass is 10.1. The van der Waals surface area contributed by atoms with Crippen molar-refractivity contribution in [2.24, 2.45) is 5.10 Å². The van der Waals surface area contributed by atoms with Crippen molar-refractivity contribution < 1.29 is 4.74 Å². The summed E-state index contributed by atoms with van der Waals surface area (Å²) in [5, 5.41) is 7.95. The molecule has 2 aromatic rings. The molecule has 0 bridgehead atoms. The fourth-order valence-electron chi connectivity index (χ4n) is 2.03. The molecular formula is C19H23N3OS. The van der Waals surface area contributed by atoms with Crippen molar-refractivity contribution in [2.75, 3.05) is 6.61 Å². The molecule has 2 rings (SSSR count). The van der Waals surface area contributed by atoms with Gasteiger partial charge >= 0.3 is 0 Å². The summed E-state index contributed by atoms with van der Waals surface area (Å²) < 4.78 is 5.58. The number of hydrogen-bond donors (Lipinski definition) is 2. The van der Waals surface area contributed by atoms with E-state index in [1.807, 2.05) is 61.5 Å². The molecule has 0 atom stereocenters. The summed E-state index contributed by atoms with van der Waals surface area (Å²) in [5.74, 6) is 0.876. The first kappa shape index (κ1) is 17.9. The van der Waals surface area contributed by atoms with Crippen LogP contribution in [0.4, 0.5) is 0 Å². The van der Waals surface area contributed by atoms with Gasteiger partial charge in [0.2, 0.25) is 0 Å². The molecule has 0 fully saturated rings. The molecule has 0 aliphatic carbocycles. The van der Waals surface area contributed by atoms with Crippen LogP contribution < -0.4 is 15.5 Å². The monoisotopic (exact) mass is 341 g/mol. The van der Waals surface area contributed by atoms with Crippen LogP contribution in [0, 0.1) is 0 Å². The van der Waals surface area contributed by atoms with Gasteiger partial charge in [-0.2, -0.15) is 5.10 Å². The van der Waals surface area contributed by atoms with Crippen molar-refractivity contribution in [3.8, 4) is 5.75 Å². The maximum absolute atomic E-state index is 5.58. The second-order valence-corrected chi connectivity index (χ2v) is 5.76. The van der Waals surface area contributed by atoms with Gasteiger partial charge in [-0.25, -0.2) is 0 Å². The van der Waals surface area contributed by atoms with E-state index in [0.29, 0.717) is 11.7 Å². The Balaban J connectivity index is 1.83. The minimum absolute atomic E-state index is 0.501. The van der Waals surface area contributed by atoms with E-state index in [-0.39, 0.29) is 0 Å². The van der Waals surface area contributed by atoms with Gasteiger partial charge in [-0.3, -0.25) is 5.43 Å². The van der Waals surface area contributed by atoms with Crippen molar-refractivity contribution in [3.63, 3.8) is 0 Å². The predicted octanol–water partition coefficient (Wildman–Crippen LogP) is 3.86. The lowest BCUT2D eigenvalue weighted by Gasteiger charge is -2.09. The van der Waals surface area contributed by atoms with Crippen LogP contribution in [0.25, 0.3) is 0 Å². The molecule has 0 saturated heterocycles. The van der Waals surface area contributed by atoms with E-state index in [9.17, 15) is 0 Å². The third-order valence-electron chi connectivity index (χ3n) is 3.37. The second kappa shape index (κ2) is 9.67. The van der Waals surface area contributed by atoms with Crippen molar-refractivity contribution in [1.82, 2.24) is 10.7 Å².